The molecule has 5 heteroatoms. The van der Waals surface area contributed by atoms with Crippen molar-refractivity contribution >= 4 is 12.0 Å². The van der Waals surface area contributed by atoms with E-state index < -0.39 is 5.91 Å². The molecule has 1 heterocycles. The minimum atomic E-state index is -0.421. The molecule has 0 saturated heterocycles. The maximum Gasteiger partial charge on any atom is 0.261 e. The normalized spacial score (nSPS) is 11.0. The molecule has 0 aliphatic carbocycles. The van der Waals surface area contributed by atoms with Crippen molar-refractivity contribution in [3.05, 3.63) is 77.5 Å². The second kappa shape index (κ2) is 7.49. The molecular formula is C21H18N4O. The number of amides is 1. The second-order valence-corrected chi connectivity index (χ2v) is 5.78. The number of likely N-dealkylation sites (N-methyl/N-ethyl adjacent to an activating group) is 1. The molecule has 0 fully saturated rings. The lowest BCUT2D eigenvalue weighted by Crippen LogP contribution is -2.19. The number of nitrogens with zero attached hydrogens (tertiary/aromatic N) is 3. The van der Waals surface area contributed by atoms with E-state index in [1.54, 1.807) is 10.8 Å². The van der Waals surface area contributed by atoms with Gasteiger partial charge in [-0.25, -0.2) is 4.68 Å². The van der Waals surface area contributed by atoms with Crippen LogP contribution in [-0.4, -0.2) is 22.7 Å². The lowest BCUT2D eigenvalue weighted by Gasteiger charge is -2.04. The molecular weight excluding hydrogens is 324 g/mol. The predicted molar refractivity (Wildman–Crippen MR) is 101 cm³/mol. The fourth-order valence-electron chi connectivity index (χ4n) is 2.70. The highest BCUT2D eigenvalue weighted by atomic mass is 16.1. The molecule has 26 heavy (non-hydrogen) atoms. The Hall–Kier alpha value is -3.65. The van der Waals surface area contributed by atoms with Crippen molar-refractivity contribution in [3.8, 4) is 23.0 Å². The van der Waals surface area contributed by atoms with Gasteiger partial charge in [0.1, 0.15) is 11.6 Å². The van der Waals surface area contributed by atoms with Crippen molar-refractivity contribution in [1.29, 1.82) is 5.26 Å². The van der Waals surface area contributed by atoms with Gasteiger partial charge >= 0.3 is 0 Å². The van der Waals surface area contributed by atoms with Crippen LogP contribution < -0.4 is 5.32 Å². The molecule has 3 aromatic rings. The zero-order valence-electron chi connectivity index (χ0n) is 14.6. The Morgan fingerprint density at radius 2 is 1.85 bits per heavy atom. The lowest BCUT2D eigenvalue weighted by molar-refractivity contribution is -0.116. The van der Waals surface area contributed by atoms with E-state index in [1.165, 1.54) is 7.05 Å². The molecule has 0 bridgehead atoms. The molecule has 0 atom stereocenters. The van der Waals surface area contributed by atoms with E-state index in [1.807, 2.05) is 73.8 Å². The number of rotatable bonds is 4. The third kappa shape index (κ3) is 3.40. The number of aryl methyl sites for hydroxylation is 1. The van der Waals surface area contributed by atoms with Gasteiger partial charge in [-0.15, -0.1) is 0 Å². The van der Waals surface area contributed by atoms with Crippen molar-refractivity contribution < 1.29 is 4.79 Å². The maximum atomic E-state index is 11.9. The molecule has 2 aromatic carbocycles. The summed E-state index contributed by atoms with van der Waals surface area (Å²) in [5.41, 5.74) is 4.40. The highest BCUT2D eigenvalue weighted by Crippen LogP contribution is 2.26. The first-order valence-electron chi connectivity index (χ1n) is 8.19. The van der Waals surface area contributed by atoms with Crippen LogP contribution in [0.25, 0.3) is 23.0 Å². The molecule has 0 aliphatic rings. The van der Waals surface area contributed by atoms with Gasteiger partial charge in [-0.05, 0) is 24.6 Å². The molecule has 0 aliphatic heterocycles. The first-order chi connectivity index (χ1) is 12.6. The topological polar surface area (TPSA) is 70.7 Å². The zero-order chi connectivity index (χ0) is 18.5. The Kier molecular flexibility index (Phi) is 4.95. The Bertz CT molecular complexity index is 1010. The van der Waals surface area contributed by atoms with E-state index in [-0.39, 0.29) is 5.57 Å². The number of hydrogen-bond donors (Lipinski definition) is 1. The number of para-hydroxylation sites is 1. The van der Waals surface area contributed by atoms with E-state index in [0.29, 0.717) is 11.3 Å². The highest BCUT2D eigenvalue weighted by molar-refractivity contribution is 6.02. The van der Waals surface area contributed by atoms with Crippen molar-refractivity contribution in [2.75, 3.05) is 7.05 Å². The molecule has 1 N–H and O–H groups in total. The summed E-state index contributed by atoms with van der Waals surface area (Å²) in [5.74, 6) is -0.421. The minimum absolute atomic E-state index is 0.0361. The molecule has 0 spiro atoms. The third-order valence-electron chi connectivity index (χ3n) is 4.04. The van der Waals surface area contributed by atoms with Crippen LogP contribution in [0.1, 0.15) is 11.1 Å². The number of benzene rings is 2. The summed E-state index contributed by atoms with van der Waals surface area (Å²) in [6.45, 7) is 2.01. The fourth-order valence-corrected chi connectivity index (χ4v) is 2.70. The highest BCUT2D eigenvalue weighted by Gasteiger charge is 2.14. The standard InChI is InChI=1S/C21H18N4O/c1-15-8-6-7-11-19(15)25-14-18(12-17(13-22)21(26)23-2)20(24-25)16-9-4-3-5-10-16/h3-12,14H,1-2H3,(H,23,26)/b17-12+. The maximum absolute atomic E-state index is 11.9. The number of hydrogen-bond acceptors (Lipinski definition) is 3. The van der Waals surface area contributed by atoms with Crippen LogP contribution >= 0.6 is 0 Å². The van der Waals surface area contributed by atoms with Crippen molar-refractivity contribution in [2.45, 2.75) is 6.92 Å². The van der Waals surface area contributed by atoms with E-state index in [4.69, 9.17) is 5.10 Å². The summed E-state index contributed by atoms with van der Waals surface area (Å²) in [6.07, 6.45) is 3.41. The number of nitrogens with one attached hydrogen (secondary N) is 1. The fraction of sp³-hybridized carbons (Fsp3) is 0.0952. The van der Waals surface area contributed by atoms with Crippen LogP contribution in [0.3, 0.4) is 0 Å². The van der Waals surface area contributed by atoms with Gasteiger partial charge in [0.2, 0.25) is 0 Å². The van der Waals surface area contributed by atoms with Gasteiger partial charge in [-0.1, -0.05) is 48.5 Å². The second-order valence-electron chi connectivity index (χ2n) is 5.78. The van der Waals surface area contributed by atoms with Gasteiger partial charge in [-0.3, -0.25) is 4.79 Å². The number of carbonyl (C=O) groups excluding carboxylic acids is 1. The number of nitriles is 1. The molecule has 5 nitrogen and oxygen atoms in total. The van der Waals surface area contributed by atoms with E-state index in [9.17, 15) is 10.1 Å². The van der Waals surface area contributed by atoms with E-state index in [2.05, 4.69) is 5.32 Å². The van der Waals surface area contributed by atoms with Gasteiger partial charge in [0.15, 0.2) is 0 Å². The molecule has 0 unspecified atom stereocenters. The Morgan fingerprint density at radius 3 is 2.50 bits per heavy atom. The summed E-state index contributed by atoms with van der Waals surface area (Å²) in [7, 11) is 1.50. The average molecular weight is 342 g/mol. The average Bonchev–Trinajstić information content (AvgIpc) is 3.10. The Labute approximate surface area is 152 Å². The summed E-state index contributed by atoms with van der Waals surface area (Å²) < 4.78 is 1.78. The van der Waals surface area contributed by atoms with E-state index in [0.717, 1.165) is 16.8 Å². The molecule has 128 valence electrons. The molecule has 0 radical (unpaired) electrons. The quantitative estimate of drug-likeness (QED) is 0.583. The van der Waals surface area contributed by atoms with Crippen LogP contribution in [0.4, 0.5) is 0 Å². The predicted octanol–water partition coefficient (Wildman–Crippen LogP) is 3.50. The lowest BCUT2D eigenvalue weighted by atomic mass is 10.1. The molecule has 1 amide bonds. The Morgan fingerprint density at radius 1 is 1.15 bits per heavy atom. The molecule has 3 rings (SSSR count). The number of aromatic nitrogens is 2. The summed E-state index contributed by atoms with van der Waals surface area (Å²) in [5, 5.41) is 16.5. The molecule has 0 saturated carbocycles. The summed E-state index contributed by atoms with van der Waals surface area (Å²) in [4.78, 5) is 11.9. The van der Waals surface area contributed by atoms with Gasteiger partial charge < -0.3 is 5.32 Å². The van der Waals surface area contributed by atoms with E-state index >= 15 is 0 Å². The van der Waals surface area contributed by atoms with Gasteiger partial charge in [0.05, 0.1) is 11.4 Å². The van der Waals surface area contributed by atoms with Crippen molar-refractivity contribution in [3.63, 3.8) is 0 Å². The first kappa shape index (κ1) is 17.2. The summed E-state index contributed by atoms with van der Waals surface area (Å²) in [6, 6.07) is 19.6. The largest absolute Gasteiger partial charge is 0.354 e. The van der Waals surface area contributed by atoms with Crippen LogP contribution in [0.2, 0.25) is 0 Å². The van der Waals surface area contributed by atoms with Crippen LogP contribution in [0.15, 0.2) is 66.4 Å². The smallest absolute Gasteiger partial charge is 0.261 e. The SMILES string of the molecule is CNC(=O)/C(C#N)=C/c1cn(-c2ccccc2C)nc1-c1ccccc1. The zero-order valence-corrected chi connectivity index (χ0v) is 14.6. The van der Waals surface area contributed by atoms with Gasteiger partial charge in [0, 0.05) is 24.4 Å². The van der Waals surface area contributed by atoms with Crippen molar-refractivity contribution in [1.82, 2.24) is 15.1 Å². The van der Waals surface area contributed by atoms with Crippen LogP contribution in [0.5, 0.6) is 0 Å². The monoisotopic (exact) mass is 342 g/mol. The molecule has 1 aromatic heterocycles. The first-order valence-corrected chi connectivity index (χ1v) is 8.19. The van der Waals surface area contributed by atoms with Crippen LogP contribution in [0, 0.1) is 18.3 Å². The summed E-state index contributed by atoms with van der Waals surface area (Å²) >= 11 is 0. The minimum Gasteiger partial charge on any atom is -0.354 e. The van der Waals surface area contributed by atoms with Crippen LogP contribution in [-0.2, 0) is 4.79 Å². The van der Waals surface area contributed by atoms with Gasteiger partial charge in [-0.2, -0.15) is 10.4 Å². The Balaban J connectivity index is 2.19. The number of carbonyl (C=O) groups is 1. The van der Waals surface area contributed by atoms with Crippen molar-refractivity contribution in [2.24, 2.45) is 0 Å². The third-order valence-corrected chi connectivity index (χ3v) is 4.04. The van der Waals surface area contributed by atoms with Gasteiger partial charge in [0.25, 0.3) is 5.91 Å².